The Morgan fingerprint density at radius 2 is 1.38 bits per heavy atom. The van der Waals surface area contributed by atoms with Gasteiger partial charge in [0.2, 0.25) is 0 Å². The maximum absolute atomic E-state index is 11.0. The fourth-order valence-electron chi connectivity index (χ4n) is 7.01. The molecule has 1 aliphatic rings. The Kier molecular flexibility index (Phi) is 4.92. The minimum Gasteiger partial charge on any atom is -0.456 e. The van der Waals surface area contributed by atoms with Crippen LogP contribution in [0.5, 0.6) is 0 Å². The summed E-state index contributed by atoms with van der Waals surface area (Å²) in [5.41, 5.74) is 9.25. The van der Waals surface area contributed by atoms with Crippen molar-refractivity contribution in [2.45, 2.75) is 12.8 Å². The minimum atomic E-state index is -1.73. The van der Waals surface area contributed by atoms with Gasteiger partial charge in [0.15, 0.2) is 0 Å². The molecular formula is C36H24BNO4. The first-order valence-corrected chi connectivity index (χ1v) is 14.2. The highest BCUT2D eigenvalue weighted by Gasteiger charge is 2.29. The maximum Gasteiger partial charge on any atom is 0.491 e. The summed E-state index contributed by atoms with van der Waals surface area (Å²) in [6, 6.07) is 32.4. The summed E-state index contributed by atoms with van der Waals surface area (Å²) in [4.78, 5) is 0. The predicted molar refractivity (Wildman–Crippen MR) is 170 cm³/mol. The zero-order valence-electron chi connectivity index (χ0n) is 22.5. The van der Waals surface area contributed by atoms with Crippen molar-refractivity contribution in [1.82, 2.24) is 4.57 Å². The van der Waals surface area contributed by atoms with E-state index in [1.807, 2.05) is 54.6 Å². The van der Waals surface area contributed by atoms with Gasteiger partial charge in [-0.1, -0.05) is 72.8 Å². The third kappa shape index (κ3) is 3.16. The Balaban J connectivity index is 1.41. The van der Waals surface area contributed by atoms with E-state index in [2.05, 4.69) is 59.2 Å². The quantitative estimate of drug-likeness (QED) is 0.223. The molecule has 3 aromatic heterocycles. The van der Waals surface area contributed by atoms with Gasteiger partial charge < -0.3 is 23.4 Å². The lowest BCUT2D eigenvalue weighted by molar-refractivity contribution is 0.426. The summed E-state index contributed by atoms with van der Waals surface area (Å²) < 4.78 is 14.9. The van der Waals surface area contributed by atoms with Gasteiger partial charge >= 0.3 is 7.12 Å². The van der Waals surface area contributed by atoms with E-state index in [9.17, 15) is 10.0 Å². The van der Waals surface area contributed by atoms with Crippen LogP contribution >= 0.6 is 0 Å². The van der Waals surface area contributed by atoms with Crippen LogP contribution in [0.3, 0.4) is 0 Å². The Labute approximate surface area is 240 Å². The topological polar surface area (TPSA) is 71.7 Å². The number of allylic oxidation sites excluding steroid dienone is 1. The van der Waals surface area contributed by atoms with Crippen LogP contribution in [0.4, 0.5) is 0 Å². The molecule has 0 unspecified atom stereocenters. The molecule has 8 aromatic rings. The summed E-state index contributed by atoms with van der Waals surface area (Å²) in [5.74, 6) is 0. The van der Waals surface area contributed by atoms with Crippen molar-refractivity contribution in [3.05, 3.63) is 114 Å². The van der Waals surface area contributed by atoms with Gasteiger partial charge in [-0.15, -0.1) is 0 Å². The first-order valence-electron chi connectivity index (χ1n) is 14.2. The van der Waals surface area contributed by atoms with Crippen LogP contribution in [-0.2, 0) is 6.42 Å². The molecule has 6 heteroatoms. The van der Waals surface area contributed by atoms with E-state index in [-0.39, 0.29) is 0 Å². The molecule has 42 heavy (non-hydrogen) atoms. The molecule has 5 aromatic carbocycles. The standard InChI is InChI=1S/C36H24BNO4/c39-37(40)35-29(38-27-15-4-1-9-21(27)22-10-2-5-16-28(22)38)19-20-32-34(35)33-24(12-8-18-31(33)41-32)26-14-7-13-25-23-11-3-6-17-30(23)42-36(25)26/h1,3-9,11-20,39-40H,2,10H2. The molecule has 0 bridgehead atoms. The summed E-state index contributed by atoms with van der Waals surface area (Å²) in [6.45, 7) is 0. The number of aromatic nitrogens is 1. The van der Waals surface area contributed by atoms with Crippen molar-refractivity contribution in [1.29, 1.82) is 0 Å². The summed E-state index contributed by atoms with van der Waals surface area (Å²) in [5, 5.41) is 26.9. The largest absolute Gasteiger partial charge is 0.491 e. The number of benzene rings is 5. The first kappa shape index (κ1) is 23.6. The van der Waals surface area contributed by atoms with E-state index in [0.717, 1.165) is 68.2 Å². The van der Waals surface area contributed by atoms with Crippen molar-refractivity contribution >= 4 is 73.4 Å². The highest BCUT2D eigenvalue weighted by molar-refractivity contribution is 6.64. The third-order valence-corrected chi connectivity index (χ3v) is 8.73. The molecule has 0 atom stereocenters. The molecule has 9 rings (SSSR count). The average Bonchev–Trinajstić information content (AvgIpc) is 3.70. The summed E-state index contributed by atoms with van der Waals surface area (Å²) >= 11 is 0. The van der Waals surface area contributed by atoms with E-state index in [0.29, 0.717) is 22.0 Å². The highest BCUT2D eigenvalue weighted by Crippen LogP contribution is 2.42. The van der Waals surface area contributed by atoms with Gasteiger partial charge in [-0.05, 0) is 60.4 Å². The summed E-state index contributed by atoms with van der Waals surface area (Å²) in [6.07, 6.45) is 6.26. The van der Waals surface area contributed by atoms with E-state index < -0.39 is 7.12 Å². The number of furan rings is 2. The molecule has 2 N–H and O–H groups in total. The van der Waals surface area contributed by atoms with Crippen LogP contribution in [0.15, 0.2) is 112 Å². The second-order valence-corrected chi connectivity index (χ2v) is 11.0. The van der Waals surface area contributed by atoms with Crippen molar-refractivity contribution in [3.8, 4) is 16.8 Å². The Morgan fingerprint density at radius 3 is 2.29 bits per heavy atom. The zero-order valence-corrected chi connectivity index (χ0v) is 22.5. The van der Waals surface area contributed by atoms with Crippen LogP contribution < -0.4 is 5.46 Å². The van der Waals surface area contributed by atoms with E-state index >= 15 is 0 Å². The Bertz CT molecular complexity index is 2410. The van der Waals surface area contributed by atoms with Crippen molar-refractivity contribution in [2.24, 2.45) is 0 Å². The van der Waals surface area contributed by atoms with Crippen LogP contribution in [0, 0.1) is 0 Å². The smallest absolute Gasteiger partial charge is 0.456 e. The molecule has 1 aliphatic carbocycles. The summed E-state index contributed by atoms with van der Waals surface area (Å²) in [7, 11) is -1.73. The highest BCUT2D eigenvalue weighted by atomic mass is 16.4. The molecule has 3 heterocycles. The van der Waals surface area contributed by atoms with E-state index in [4.69, 9.17) is 8.83 Å². The van der Waals surface area contributed by atoms with Crippen molar-refractivity contribution in [3.63, 3.8) is 0 Å². The van der Waals surface area contributed by atoms with E-state index in [1.165, 1.54) is 10.9 Å². The number of hydrogen-bond donors (Lipinski definition) is 2. The van der Waals surface area contributed by atoms with Crippen LogP contribution in [0.25, 0.3) is 77.7 Å². The lowest BCUT2D eigenvalue weighted by Gasteiger charge is -2.17. The number of para-hydroxylation sites is 3. The molecule has 0 spiro atoms. The SMILES string of the molecule is OB(O)c1c(-n2c3c(c4ccccc42)CCC=C3)ccc2oc3cccc(-c4cccc5c4oc4ccccc45)c3c12. The van der Waals surface area contributed by atoms with E-state index in [1.54, 1.807) is 0 Å². The monoisotopic (exact) mass is 545 g/mol. The first-order chi connectivity index (χ1) is 20.7. The van der Waals surface area contributed by atoms with Gasteiger partial charge in [0.05, 0.1) is 5.52 Å². The fraction of sp³-hybridized carbons (Fsp3) is 0.0556. The minimum absolute atomic E-state index is 0.415. The number of nitrogens with zero attached hydrogens (tertiary/aromatic N) is 1. The number of rotatable bonds is 3. The zero-order chi connectivity index (χ0) is 27.9. The van der Waals surface area contributed by atoms with Gasteiger partial charge in [-0.3, -0.25) is 0 Å². The number of aryl methyl sites for hydroxylation is 1. The predicted octanol–water partition coefficient (Wildman–Crippen LogP) is 7.74. The maximum atomic E-state index is 11.0. The van der Waals surface area contributed by atoms with Crippen LogP contribution in [-0.4, -0.2) is 21.7 Å². The van der Waals surface area contributed by atoms with Crippen molar-refractivity contribution in [2.75, 3.05) is 0 Å². The molecule has 5 nitrogen and oxygen atoms in total. The molecule has 0 saturated carbocycles. The lowest BCUT2D eigenvalue weighted by atomic mass is 9.75. The molecule has 0 radical (unpaired) electrons. The van der Waals surface area contributed by atoms with Gasteiger partial charge in [0.1, 0.15) is 22.3 Å². The average molecular weight is 545 g/mol. The Morgan fingerprint density at radius 1 is 0.643 bits per heavy atom. The molecule has 0 amide bonds. The second kappa shape index (κ2) is 8.73. The van der Waals surface area contributed by atoms with Gasteiger partial charge in [0, 0.05) is 49.3 Å². The fourth-order valence-corrected chi connectivity index (χ4v) is 7.01. The van der Waals surface area contributed by atoms with Gasteiger partial charge in [-0.25, -0.2) is 0 Å². The third-order valence-electron chi connectivity index (χ3n) is 8.73. The van der Waals surface area contributed by atoms with Crippen LogP contribution in [0.2, 0.25) is 0 Å². The molecule has 200 valence electrons. The van der Waals surface area contributed by atoms with Crippen molar-refractivity contribution < 1.29 is 18.9 Å². The molecule has 0 aliphatic heterocycles. The lowest BCUT2D eigenvalue weighted by Crippen LogP contribution is -2.34. The Hall–Kier alpha value is -5.04. The number of hydrogen-bond acceptors (Lipinski definition) is 4. The second-order valence-electron chi connectivity index (χ2n) is 11.0. The van der Waals surface area contributed by atoms with Gasteiger partial charge in [-0.2, -0.15) is 0 Å². The van der Waals surface area contributed by atoms with Gasteiger partial charge in [0.25, 0.3) is 0 Å². The molecular weight excluding hydrogens is 521 g/mol. The molecule has 0 saturated heterocycles. The normalized spacial score (nSPS) is 13.2. The number of fused-ring (bicyclic) bond motifs is 9. The van der Waals surface area contributed by atoms with Crippen LogP contribution in [0.1, 0.15) is 17.7 Å². The molecule has 0 fully saturated rings.